The van der Waals surface area contributed by atoms with Crippen LogP contribution in [0.4, 0.5) is 0 Å². The van der Waals surface area contributed by atoms with Crippen molar-refractivity contribution in [1.82, 2.24) is 30.1 Å². The summed E-state index contributed by atoms with van der Waals surface area (Å²) >= 11 is 0. The molecule has 0 spiro atoms. The van der Waals surface area contributed by atoms with E-state index in [4.69, 9.17) is 4.74 Å². The van der Waals surface area contributed by atoms with Gasteiger partial charge in [-0.3, -0.25) is 14.6 Å². The molecule has 136 valence electrons. The largest absolute Gasteiger partial charge is 0.472 e. The van der Waals surface area contributed by atoms with Gasteiger partial charge >= 0.3 is 0 Å². The Morgan fingerprint density at radius 1 is 1.35 bits per heavy atom. The van der Waals surface area contributed by atoms with Gasteiger partial charge < -0.3 is 14.5 Å². The van der Waals surface area contributed by atoms with Crippen LogP contribution < -0.4 is 4.74 Å². The zero-order valence-corrected chi connectivity index (χ0v) is 14.2. The number of hydrogen-bond donors (Lipinski definition) is 0. The molecule has 2 amide bonds. The van der Waals surface area contributed by atoms with Gasteiger partial charge in [0.1, 0.15) is 18.0 Å². The number of carbonyl (C=O) groups is 2. The number of likely N-dealkylation sites (tertiary alicyclic amines) is 2. The van der Waals surface area contributed by atoms with Crippen LogP contribution in [0.3, 0.4) is 0 Å². The molecule has 0 radical (unpaired) electrons. The van der Waals surface area contributed by atoms with Gasteiger partial charge in [0.15, 0.2) is 0 Å². The predicted octanol–water partition coefficient (Wildman–Crippen LogP) is 0.0624. The second-order valence-corrected chi connectivity index (χ2v) is 6.31. The highest BCUT2D eigenvalue weighted by Gasteiger charge is 2.48. The normalized spacial score (nSPS) is 22.0. The lowest BCUT2D eigenvalue weighted by molar-refractivity contribution is -0.129. The molecular weight excluding hydrogens is 340 g/mol. The van der Waals surface area contributed by atoms with Crippen molar-refractivity contribution in [2.75, 3.05) is 19.7 Å². The highest BCUT2D eigenvalue weighted by Crippen LogP contribution is 2.33. The van der Waals surface area contributed by atoms with Crippen LogP contribution in [0.5, 0.6) is 5.88 Å². The van der Waals surface area contributed by atoms with E-state index in [1.165, 1.54) is 18.6 Å². The molecule has 4 heterocycles. The molecule has 2 aliphatic heterocycles. The van der Waals surface area contributed by atoms with Gasteiger partial charge in [0.05, 0.1) is 24.8 Å². The number of hydrogen-bond acceptors (Lipinski definition) is 8. The third kappa shape index (κ3) is 2.87. The lowest BCUT2D eigenvalue weighted by atomic mass is 10.1. The van der Waals surface area contributed by atoms with Gasteiger partial charge in [-0.15, -0.1) is 0 Å². The van der Waals surface area contributed by atoms with E-state index >= 15 is 0 Å². The highest BCUT2D eigenvalue weighted by atomic mass is 16.6. The molecule has 0 bridgehead atoms. The van der Waals surface area contributed by atoms with Crippen LogP contribution in [0.15, 0.2) is 23.2 Å². The topological polar surface area (TPSA) is 115 Å². The minimum absolute atomic E-state index is 0.00301. The number of aryl methyl sites for hydroxylation is 1. The summed E-state index contributed by atoms with van der Waals surface area (Å²) in [5.74, 6) is 0.176. The molecule has 10 heteroatoms. The number of rotatable bonds is 5. The van der Waals surface area contributed by atoms with E-state index in [-0.39, 0.29) is 23.9 Å². The Hall–Kier alpha value is -3.04. The molecule has 2 fully saturated rings. The first kappa shape index (κ1) is 16.4. The fraction of sp³-hybridized carbons (Fsp3) is 0.500. The lowest BCUT2D eigenvalue weighted by Crippen LogP contribution is -2.41. The maximum atomic E-state index is 12.7. The molecule has 0 aromatic carbocycles. The maximum absolute atomic E-state index is 12.7. The number of amides is 2. The Labute approximate surface area is 149 Å². The average molecular weight is 358 g/mol. The van der Waals surface area contributed by atoms with Crippen LogP contribution >= 0.6 is 0 Å². The van der Waals surface area contributed by atoms with E-state index < -0.39 is 0 Å². The Balaban J connectivity index is 1.39. The smallest absolute Gasteiger partial charge is 0.278 e. The van der Waals surface area contributed by atoms with Gasteiger partial charge in [0.25, 0.3) is 11.8 Å². The van der Waals surface area contributed by atoms with Gasteiger partial charge in [-0.1, -0.05) is 5.16 Å². The van der Waals surface area contributed by atoms with E-state index in [0.29, 0.717) is 43.4 Å². The van der Waals surface area contributed by atoms with Crippen LogP contribution in [0.25, 0.3) is 0 Å². The Bertz CT molecular complexity index is 810. The molecule has 2 saturated heterocycles. The minimum atomic E-state index is -0.180. The fourth-order valence-corrected chi connectivity index (χ4v) is 3.62. The van der Waals surface area contributed by atoms with Gasteiger partial charge in [-0.05, 0) is 18.5 Å². The van der Waals surface area contributed by atoms with Crippen molar-refractivity contribution in [1.29, 1.82) is 0 Å². The second kappa shape index (κ2) is 6.70. The molecule has 10 nitrogen and oxygen atoms in total. The summed E-state index contributed by atoms with van der Waals surface area (Å²) in [5, 5.41) is 7.30. The Morgan fingerprint density at radius 2 is 2.23 bits per heavy atom. The van der Waals surface area contributed by atoms with E-state index in [1.807, 2.05) is 0 Å². The molecular formula is C16H18N6O4. The van der Waals surface area contributed by atoms with Crippen LogP contribution in [0.1, 0.15) is 29.0 Å². The summed E-state index contributed by atoms with van der Waals surface area (Å²) in [6.07, 6.45) is 5.53. The molecule has 2 aliphatic rings. The van der Waals surface area contributed by atoms with Crippen molar-refractivity contribution in [2.45, 2.75) is 31.8 Å². The number of fused-ring (bicyclic) bond motifs is 1. The van der Waals surface area contributed by atoms with Crippen LogP contribution in [-0.4, -0.2) is 73.7 Å². The molecule has 0 N–H and O–H groups in total. The molecule has 2 unspecified atom stereocenters. The maximum Gasteiger partial charge on any atom is 0.278 e. The predicted molar refractivity (Wildman–Crippen MR) is 86.1 cm³/mol. The van der Waals surface area contributed by atoms with Crippen molar-refractivity contribution in [3.8, 4) is 5.88 Å². The first-order chi connectivity index (χ1) is 12.6. The zero-order chi connectivity index (χ0) is 18.1. The molecule has 26 heavy (non-hydrogen) atoms. The van der Waals surface area contributed by atoms with Crippen molar-refractivity contribution >= 4 is 11.8 Å². The van der Waals surface area contributed by atoms with Gasteiger partial charge in [-0.2, -0.15) is 0 Å². The van der Waals surface area contributed by atoms with E-state index in [1.54, 1.807) is 16.7 Å². The Morgan fingerprint density at radius 3 is 2.96 bits per heavy atom. The first-order valence-corrected chi connectivity index (χ1v) is 8.43. The van der Waals surface area contributed by atoms with E-state index in [9.17, 15) is 9.59 Å². The van der Waals surface area contributed by atoms with Crippen LogP contribution in [0.2, 0.25) is 0 Å². The summed E-state index contributed by atoms with van der Waals surface area (Å²) in [5.41, 5.74) is 0.869. The lowest BCUT2D eigenvalue weighted by Gasteiger charge is -2.25. The molecule has 4 rings (SSSR count). The summed E-state index contributed by atoms with van der Waals surface area (Å²) < 4.78 is 10.1. The fourth-order valence-electron chi connectivity index (χ4n) is 3.62. The van der Waals surface area contributed by atoms with Crippen molar-refractivity contribution in [2.24, 2.45) is 0 Å². The third-order valence-corrected chi connectivity index (χ3v) is 4.84. The highest BCUT2D eigenvalue weighted by molar-refractivity contribution is 5.93. The summed E-state index contributed by atoms with van der Waals surface area (Å²) in [6, 6.07) is -0.129. The van der Waals surface area contributed by atoms with Crippen molar-refractivity contribution in [3.63, 3.8) is 0 Å². The van der Waals surface area contributed by atoms with E-state index in [2.05, 4.69) is 24.9 Å². The molecule has 2 aromatic rings. The molecule has 2 atom stereocenters. The zero-order valence-electron chi connectivity index (χ0n) is 14.2. The summed E-state index contributed by atoms with van der Waals surface area (Å²) in [7, 11) is 0. The van der Waals surface area contributed by atoms with Crippen molar-refractivity contribution < 1.29 is 19.0 Å². The van der Waals surface area contributed by atoms with Gasteiger partial charge in [0, 0.05) is 25.4 Å². The Kier molecular flexibility index (Phi) is 4.23. The molecule has 0 saturated carbocycles. The summed E-state index contributed by atoms with van der Waals surface area (Å²) in [4.78, 5) is 36.6. The first-order valence-electron chi connectivity index (χ1n) is 8.43. The molecule has 2 aromatic heterocycles. The van der Waals surface area contributed by atoms with Crippen molar-refractivity contribution in [3.05, 3.63) is 30.0 Å². The third-order valence-electron chi connectivity index (χ3n) is 4.84. The number of carbonyl (C=O) groups excluding carboxylic acids is 2. The second-order valence-electron chi connectivity index (χ2n) is 6.31. The van der Waals surface area contributed by atoms with Gasteiger partial charge in [-0.25, -0.2) is 9.61 Å². The number of nitrogens with zero attached hydrogens (tertiary/aromatic N) is 6. The van der Waals surface area contributed by atoms with Crippen LogP contribution in [-0.2, 0) is 4.79 Å². The summed E-state index contributed by atoms with van der Waals surface area (Å²) in [6.45, 7) is 3.05. The van der Waals surface area contributed by atoms with Crippen LogP contribution in [0, 0.1) is 6.92 Å². The number of ether oxygens (including phenoxy) is 1. The monoisotopic (exact) mass is 358 g/mol. The molecule has 0 aliphatic carbocycles. The standard InChI is InChI=1S/C16H18N6O4/c1-10-15(20-26-19-10)25-7-6-21-12-2-5-22(13(12)8-14(21)23)16(24)11-9-17-3-4-18-11/h3-4,9,12-13H,2,5-8H2,1H3. The number of aromatic nitrogens is 4. The van der Waals surface area contributed by atoms with Gasteiger partial charge in [0.2, 0.25) is 5.91 Å². The van der Waals surface area contributed by atoms with E-state index in [0.717, 1.165) is 6.42 Å². The quantitative estimate of drug-likeness (QED) is 0.737. The average Bonchev–Trinajstić information content (AvgIpc) is 3.32. The SMILES string of the molecule is Cc1nonc1OCCN1C(=O)CC2C1CCN2C(=O)c1cnccn1. The minimum Gasteiger partial charge on any atom is -0.472 e.